The van der Waals surface area contributed by atoms with Crippen molar-refractivity contribution in [3.05, 3.63) is 51.6 Å². The van der Waals surface area contributed by atoms with E-state index in [1.807, 2.05) is 32.0 Å². The van der Waals surface area contributed by atoms with Gasteiger partial charge in [-0.2, -0.15) is 0 Å². The summed E-state index contributed by atoms with van der Waals surface area (Å²) in [6.45, 7) is 3.84. The molecule has 0 bridgehead atoms. The fourth-order valence-electron chi connectivity index (χ4n) is 1.94. The third-order valence-corrected chi connectivity index (χ3v) is 3.23. The van der Waals surface area contributed by atoms with Crippen molar-refractivity contribution in [2.24, 2.45) is 0 Å². The Kier molecular flexibility index (Phi) is 4.39. The van der Waals surface area contributed by atoms with Crippen LogP contribution >= 0.6 is 15.9 Å². The van der Waals surface area contributed by atoms with Crippen LogP contribution in [0.15, 0.2) is 34.8 Å². The van der Waals surface area contributed by atoms with Gasteiger partial charge in [0.1, 0.15) is 5.82 Å². The van der Waals surface area contributed by atoms with Crippen molar-refractivity contribution in [2.75, 3.05) is 17.7 Å². The normalized spacial score (nSPS) is 10.2. The first-order valence-corrected chi connectivity index (χ1v) is 7.02. The predicted molar refractivity (Wildman–Crippen MR) is 85.4 cm³/mol. The second-order valence-corrected chi connectivity index (χ2v) is 5.52. The van der Waals surface area contributed by atoms with Crippen LogP contribution in [0, 0.1) is 13.8 Å². The van der Waals surface area contributed by atoms with Crippen molar-refractivity contribution in [3.63, 3.8) is 0 Å². The van der Waals surface area contributed by atoms with Crippen LogP contribution in [0.25, 0.3) is 0 Å². The molecular weight excluding hydrogens is 318 g/mol. The smallest absolute Gasteiger partial charge is 0.255 e. The summed E-state index contributed by atoms with van der Waals surface area (Å²) >= 11 is 3.42. The number of aromatic nitrogens is 1. The van der Waals surface area contributed by atoms with Crippen molar-refractivity contribution in [1.29, 1.82) is 0 Å². The van der Waals surface area contributed by atoms with Crippen LogP contribution in [0.2, 0.25) is 0 Å². The van der Waals surface area contributed by atoms with Gasteiger partial charge in [0.2, 0.25) is 0 Å². The van der Waals surface area contributed by atoms with E-state index in [9.17, 15) is 4.79 Å². The van der Waals surface area contributed by atoms with Crippen molar-refractivity contribution in [2.45, 2.75) is 13.8 Å². The van der Waals surface area contributed by atoms with Crippen molar-refractivity contribution in [3.8, 4) is 0 Å². The fraction of sp³-hybridized carbons (Fsp3) is 0.200. The average Bonchev–Trinajstić information content (AvgIpc) is 2.36. The zero-order chi connectivity index (χ0) is 14.7. The monoisotopic (exact) mass is 333 g/mol. The number of amides is 1. The minimum absolute atomic E-state index is 0.149. The first-order chi connectivity index (χ1) is 9.47. The summed E-state index contributed by atoms with van der Waals surface area (Å²) < 4.78 is 0.939. The van der Waals surface area contributed by atoms with Gasteiger partial charge in [-0.1, -0.05) is 15.9 Å². The predicted octanol–water partition coefficient (Wildman–Crippen LogP) is 3.75. The molecule has 0 aliphatic carbocycles. The highest BCUT2D eigenvalue weighted by Gasteiger charge is 2.09. The number of pyridine rings is 1. The van der Waals surface area contributed by atoms with Crippen molar-refractivity contribution >= 4 is 33.3 Å². The molecule has 2 rings (SSSR count). The molecule has 2 N–H and O–H groups in total. The molecule has 1 heterocycles. The second kappa shape index (κ2) is 6.05. The molecular formula is C15H16BrN3O. The van der Waals surface area contributed by atoms with E-state index in [0.29, 0.717) is 11.4 Å². The van der Waals surface area contributed by atoms with E-state index in [0.717, 1.165) is 21.4 Å². The Morgan fingerprint density at radius 3 is 2.55 bits per heavy atom. The summed E-state index contributed by atoms with van der Waals surface area (Å²) in [7, 11) is 1.78. The molecule has 0 unspecified atom stereocenters. The highest BCUT2D eigenvalue weighted by Crippen LogP contribution is 2.20. The number of halogens is 1. The van der Waals surface area contributed by atoms with Crippen LogP contribution in [0.5, 0.6) is 0 Å². The molecule has 5 heteroatoms. The largest absolute Gasteiger partial charge is 0.373 e. The Bertz CT molecular complexity index is 635. The molecule has 1 aromatic carbocycles. The summed E-state index contributed by atoms with van der Waals surface area (Å²) in [5.41, 5.74) is 3.23. The van der Waals surface area contributed by atoms with Gasteiger partial charge < -0.3 is 10.6 Å². The maximum absolute atomic E-state index is 12.3. The lowest BCUT2D eigenvalue weighted by Crippen LogP contribution is -2.13. The molecule has 0 atom stereocenters. The Morgan fingerprint density at radius 2 is 1.90 bits per heavy atom. The number of rotatable bonds is 3. The minimum Gasteiger partial charge on any atom is -0.373 e. The minimum atomic E-state index is -0.149. The molecule has 104 valence electrons. The number of carbonyl (C=O) groups is 1. The first kappa shape index (κ1) is 14.5. The number of carbonyl (C=O) groups excluding carboxylic acids is 1. The topological polar surface area (TPSA) is 54.0 Å². The van der Waals surface area contributed by atoms with Crippen LogP contribution in [0.4, 0.5) is 11.5 Å². The third kappa shape index (κ3) is 3.57. The Labute approximate surface area is 126 Å². The summed E-state index contributed by atoms with van der Waals surface area (Å²) in [6, 6.07) is 9.28. The lowest BCUT2D eigenvalue weighted by atomic mass is 10.2. The number of hydrogen-bond donors (Lipinski definition) is 2. The molecule has 4 nitrogen and oxygen atoms in total. The lowest BCUT2D eigenvalue weighted by molar-refractivity contribution is 0.102. The zero-order valence-corrected chi connectivity index (χ0v) is 13.2. The second-order valence-electron chi connectivity index (χ2n) is 4.60. The summed E-state index contributed by atoms with van der Waals surface area (Å²) in [5, 5.41) is 5.84. The van der Waals surface area contributed by atoms with Gasteiger partial charge in [0, 0.05) is 28.5 Å². The fourth-order valence-corrected chi connectivity index (χ4v) is 2.55. The van der Waals surface area contributed by atoms with E-state index >= 15 is 0 Å². The van der Waals surface area contributed by atoms with E-state index in [1.165, 1.54) is 0 Å². The molecule has 0 radical (unpaired) electrons. The highest BCUT2D eigenvalue weighted by molar-refractivity contribution is 9.10. The first-order valence-electron chi connectivity index (χ1n) is 6.23. The lowest BCUT2D eigenvalue weighted by Gasteiger charge is -2.09. The number of anilines is 2. The Morgan fingerprint density at radius 1 is 1.15 bits per heavy atom. The highest BCUT2D eigenvalue weighted by atomic mass is 79.9. The molecule has 0 aliphatic rings. The standard InChI is InChI=1S/C15H16BrN3O/c1-9-4-12(16)8-13(5-9)19-15(20)11-6-10(2)18-14(7-11)17-3/h4-8H,1-3H3,(H,17,18)(H,19,20). The molecule has 2 aromatic rings. The van der Waals surface area contributed by atoms with Gasteiger partial charge in [-0.25, -0.2) is 4.98 Å². The van der Waals surface area contributed by atoms with Crippen LogP contribution in [0.1, 0.15) is 21.6 Å². The Balaban J connectivity index is 2.25. The molecule has 0 fully saturated rings. The third-order valence-electron chi connectivity index (χ3n) is 2.77. The molecule has 0 saturated carbocycles. The maximum atomic E-state index is 12.3. The van der Waals surface area contributed by atoms with Crippen molar-refractivity contribution in [1.82, 2.24) is 4.98 Å². The van der Waals surface area contributed by atoms with Gasteiger partial charge in [0.05, 0.1) is 0 Å². The summed E-state index contributed by atoms with van der Waals surface area (Å²) in [5.74, 6) is 0.532. The molecule has 1 amide bonds. The molecule has 1 aromatic heterocycles. The number of benzene rings is 1. The van der Waals surface area contributed by atoms with Gasteiger partial charge in [-0.3, -0.25) is 4.79 Å². The summed E-state index contributed by atoms with van der Waals surface area (Å²) in [6.07, 6.45) is 0. The molecule has 0 aliphatic heterocycles. The Hall–Kier alpha value is -1.88. The van der Waals surface area contributed by atoms with Crippen molar-refractivity contribution < 1.29 is 4.79 Å². The SMILES string of the molecule is CNc1cc(C(=O)Nc2cc(C)cc(Br)c2)cc(C)n1. The van der Waals surface area contributed by atoms with E-state index in [2.05, 4.69) is 31.5 Å². The van der Waals surface area contributed by atoms with E-state index in [-0.39, 0.29) is 5.91 Å². The zero-order valence-electron chi connectivity index (χ0n) is 11.6. The molecule has 0 saturated heterocycles. The number of nitrogens with one attached hydrogen (secondary N) is 2. The number of aryl methyl sites for hydroxylation is 2. The quantitative estimate of drug-likeness (QED) is 0.899. The van der Waals surface area contributed by atoms with Crippen LogP contribution < -0.4 is 10.6 Å². The van der Waals surface area contributed by atoms with E-state index in [1.54, 1.807) is 19.2 Å². The van der Waals surface area contributed by atoms with E-state index in [4.69, 9.17) is 0 Å². The average molecular weight is 334 g/mol. The number of hydrogen-bond acceptors (Lipinski definition) is 3. The van der Waals surface area contributed by atoms with Crippen LogP contribution in [-0.4, -0.2) is 17.9 Å². The molecule has 20 heavy (non-hydrogen) atoms. The van der Waals surface area contributed by atoms with E-state index < -0.39 is 0 Å². The van der Waals surface area contributed by atoms with Gasteiger partial charge in [-0.15, -0.1) is 0 Å². The van der Waals surface area contributed by atoms with Gasteiger partial charge in [-0.05, 0) is 49.7 Å². The van der Waals surface area contributed by atoms with Crippen LogP contribution in [0.3, 0.4) is 0 Å². The summed E-state index contributed by atoms with van der Waals surface area (Å²) in [4.78, 5) is 16.5. The number of nitrogens with zero attached hydrogens (tertiary/aromatic N) is 1. The van der Waals surface area contributed by atoms with Gasteiger partial charge in [0.15, 0.2) is 0 Å². The van der Waals surface area contributed by atoms with Gasteiger partial charge >= 0.3 is 0 Å². The molecule has 0 spiro atoms. The van der Waals surface area contributed by atoms with Crippen LogP contribution in [-0.2, 0) is 0 Å². The van der Waals surface area contributed by atoms with Gasteiger partial charge in [0.25, 0.3) is 5.91 Å². The maximum Gasteiger partial charge on any atom is 0.255 e.